The molecule has 0 bridgehead atoms. The molecule has 0 N–H and O–H groups in total. The molecule has 11 heavy (non-hydrogen) atoms. The van der Waals surface area contributed by atoms with Gasteiger partial charge in [0.05, 0.1) is 0 Å². The first-order valence-corrected chi connectivity index (χ1v) is 4.45. The minimum atomic E-state index is 0.219. The average Bonchev–Trinajstić information content (AvgIpc) is 1.83. The molecule has 1 aliphatic rings. The molecule has 1 fully saturated rings. The molecule has 2 nitrogen and oxygen atoms in total. The molecule has 1 aliphatic heterocycles. The Morgan fingerprint density at radius 3 is 2.45 bits per heavy atom. The van der Waals surface area contributed by atoms with Crippen LogP contribution in [0.15, 0.2) is 0 Å². The third-order valence-electron chi connectivity index (χ3n) is 2.27. The van der Waals surface area contributed by atoms with E-state index in [1.807, 2.05) is 13.8 Å². The number of carbonyl (C=O) groups is 1. The first kappa shape index (κ1) is 8.72. The van der Waals surface area contributed by atoms with Crippen LogP contribution in [0.25, 0.3) is 0 Å². The predicted molar refractivity (Wildman–Crippen MR) is 45.5 cm³/mol. The van der Waals surface area contributed by atoms with Gasteiger partial charge >= 0.3 is 0 Å². The van der Waals surface area contributed by atoms with Crippen molar-refractivity contribution in [1.29, 1.82) is 0 Å². The summed E-state index contributed by atoms with van der Waals surface area (Å²) in [5.74, 6) is 0.619. The van der Waals surface area contributed by atoms with Crippen molar-refractivity contribution in [2.45, 2.75) is 26.7 Å². The van der Waals surface area contributed by atoms with Gasteiger partial charge in [0.15, 0.2) is 0 Å². The highest BCUT2D eigenvalue weighted by atomic mass is 16.1. The lowest BCUT2D eigenvalue weighted by atomic mass is 10.1. The quantitative estimate of drug-likeness (QED) is 0.610. The van der Waals surface area contributed by atoms with Gasteiger partial charge in [-0.05, 0) is 19.5 Å². The van der Waals surface area contributed by atoms with Crippen LogP contribution in [0.3, 0.4) is 0 Å². The van der Waals surface area contributed by atoms with E-state index in [-0.39, 0.29) is 5.92 Å². The molecule has 0 radical (unpaired) electrons. The van der Waals surface area contributed by atoms with Crippen LogP contribution in [0, 0.1) is 5.92 Å². The zero-order chi connectivity index (χ0) is 8.27. The number of rotatable bonds is 4. The molecule has 0 aromatic carbocycles. The first-order chi connectivity index (χ1) is 5.20. The van der Waals surface area contributed by atoms with Crippen LogP contribution in [0.5, 0.6) is 0 Å². The van der Waals surface area contributed by atoms with E-state index in [0.29, 0.717) is 5.78 Å². The number of hydrogen-bond donors (Lipinski definition) is 0. The molecule has 0 spiro atoms. The van der Waals surface area contributed by atoms with Crippen LogP contribution in [0.4, 0.5) is 0 Å². The Morgan fingerprint density at radius 1 is 1.45 bits per heavy atom. The predicted octanol–water partition coefficient (Wildman–Crippen LogP) is 1.31. The summed E-state index contributed by atoms with van der Waals surface area (Å²) in [7, 11) is 0. The van der Waals surface area contributed by atoms with Crippen molar-refractivity contribution in [2.24, 2.45) is 5.92 Å². The Labute approximate surface area is 68.6 Å². The van der Waals surface area contributed by atoms with Crippen LogP contribution >= 0.6 is 0 Å². The number of hydrogen-bond acceptors (Lipinski definition) is 2. The lowest BCUT2D eigenvalue weighted by Crippen LogP contribution is -2.38. The molecule has 0 aliphatic carbocycles. The Balaban J connectivity index is 2.06. The average molecular weight is 155 g/mol. The smallest absolute Gasteiger partial charge is 0.136 e. The van der Waals surface area contributed by atoms with Crippen molar-refractivity contribution in [2.75, 3.05) is 19.6 Å². The van der Waals surface area contributed by atoms with E-state index in [2.05, 4.69) is 4.90 Å². The van der Waals surface area contributed by atoms with Crippen molar-refractivity contribution in [1.82, 2.24) is 4.90 Å². The van der Waals surface area contributed by atoms with Crippen molar-refractivity contribution in [3.8, 4) is 0 Å². The summed E-state index contributed by atoms with van der Waals surface area (Å²) in [5, 5.41) is 0. The highest BCUT2D eigenvalue weighted by Crippen LogP contribution is 2.07. The standard InChI is InChI=1S/C9H17NO/c1-8(2)9(11)4-7-10-5-3-6-10/h8H,3-7H2,1-2H3. The van der Waals surface area contributed by atoms with Gasteiger partial charge < -0.3 is 4.90 Å². The summed E-state index contributed by atoms with van der Waals surface area (Å²) in [4.78, 5) is 13.5. The molecule has 0 saturated carbocycles. The second-order valence-electron chi connectivity index (χ2n) is 3.57. The van der Waals surface area contributed by atoms with Gasteiger partial charge in [-0.2, -0.15) is 0 Å². The van der Waals surface area contributed by atoms with Crippen molar-refractivity contribution in [3.05, 3.63) is 0 Å². The molecule has 1 heterocycles. The SMILES string of the molecule is CC(C)C(=O)CCN1CCC1. The number of Topliss-reactive ketones (excluding diaryl/α,β-unsaturated/α-hetero) is 1. The van der Waals surface area contributed by atoms with Gasteiger partial charge in [-0.25, -0.2) is 0 Å². The molecule has 0 unspecified atom stereocenters. The maximum Gasteiger partial charge on any atom is 0.136 e. The molecule has 1 rings (SSSR count). The molecule has 0 aromatic rings. The highest BCUT2D eigenvalue weighted by Gasteiger charge is 2.15. The van der Waals surface area contributed by atoms with Gasteiger partial charge in [0.25, 0.3) is 0 Å². The number of ketones is 1. The highest BCUT2D eigenvalue weighted by molar-refractivity contribution is 5.80. The summed E-state index contributed by atoms with van der Waals surface area (Å²) >= 11 is 0. The molecule has 2 heteroatoms. The van der Waals surface area contributed by atoms with Gasteiger partial charge in [-0.1, -0.05) is 13.8 Å². The van der Waals surface area contributed by atoms with E-state index in [1.54, 1.807) is 0 Å². The molecule has 0 aromatic heterocycles. The number of likely N-dealkylation sites (tertiary alicyclic amines) is 1. The topological polar surface area (TPSA) is 20.3 Å². The summed E-state index contributed by atoms with van der Waals surface area (Å²) in [6.07, 6.45) is 2.06. The third kappa shape index (κ3) is 2.62. The monoisotopic (exact) mass is 155 g/mol. The van der Waals surface area contributed by atoms with E-state index >= 15 is 0 Å². The van der Waals surface area contributed by atoms with E-state index in [9.17, 15) is 4.79 Å². The van der Waals surface area contributed by atoms with Crippen molar-refractivity contribution in [3.63, 3.8) is 0 Å². The lowest BCUT2D eigenvalue weighted by Gasteiger charge is -2.30. The maximum atomic E-state index is 11.2. The number of carbonyl (C=O) groups excluding carboxylic acids is 1. The van der Waals surface area contributed by atoms with E-state index in [1.165, 1.54) is 19.5 Å². The van der Waals surface area contributed by atoms with Crippen LogP contribution in [0.2, 0.25) is 0 Å². The summed E-state index contributed by atoms with van der Waals surface area (Å²) < 4.78 is 0. The fourth-order valence-corrected chi connectivity index (χ4v) is 1.16. The lowest BCUT2D eigenvalue weighted by molar-refractivity contribution is -0.122. The van der Waals surface area contributed by atoms with Crippen LogP contribution in [-0.2, 0) is 4.79 Å². The van der Waals surface area contributed by atoms with Crippen LogP contribution in [-0.4, -0.2) is 30.3 Å². The molecular weight excluding hydrogens is 138 g/mol. The van der Waals surface area contributed by atoms with E-state index < -0.39 is 0 Å². The van der Waals surface area contributed by atoms with Crippen molar-refractivity contribution >= 4 is 5.78 Å². The first-order valence-electron chi connectivity index (χ1n) is 4.45. The Morgan fingerprint density at radius 2 is 2.09 bits per heavy atom. The molecule has 0 atom stereocenters. The summed E-state index contributed by atoms with van der Waals surface area (Å²) in [6, 6.07) is 0. The minimum absolute atomic E-state index is 0.219. The maximum absolute atomic E-state index is 11.2. The minimum Gasteiger partial charge on any atom is -0.303 e. The van der Waals surface area contributed by atoms with Gasteiger partial charge in [0.1, 0.15) is 5.78 Å². The normalized spacial score (nSPS) is 18.5. The molecule has 1 saturated heterocycles. The Bertz CT molecular complexity index is 138. The zero-order valence-corrected chi connectivity index (χ0v) is 7.47. The van der Waals surface area contributed by atoms with Crippen molar-refractivity contribution < 1.29 is 4.79 Å². The Kier molecular flexibility index (Phi) is 3.06. The van der Waals surface area contributed by atoms with E-state index in [4.69, 9.17) is 0 Å². The van der Waals surface area contributed by atoms with Crippen LogP contribution < -0.4 is 0 Å². The summed E-state index contributed by atoms with van der Waals surface area (Å²) in [6.45, 7) is 7.32. The molecular formula is C9H17NO. The van der Waals surface area contributed by atoms with Gasteiger partial charge in [0, 0.05) is 18.9 Å². The fraction of sp³-hybridized carbons (Fsp3) is 0.889. The molecule has 64 valence electrons. The second-order valence-corrected chi connectivity index (χ2v) is 3.57. The zero-order valence-electron chi connectivity index (χ0n) is 7.47. The third-order valence-corrected chi connectivity index (χ3v) is 2.27. The van der Waals surface area contributed by atoms with Gasteiger partial charge in [0.2, 0.25) is 0 Å². The van der Waals surface area contributed by atoms with Gasteiger partial charge in [-0.3, -0.25) is 4.79 Å². The van der Waals surface area contributed by atoms with Crippen LogP contribution in [0.1, 0.15) is 26.7 Å². The Hall–Kier alpha value is -0.370. The second kappa shape index (κ2) is 3.86. The largest absolute Gasteiger partial charge is 0.303 e. The summed E-state index contributed by atoms with van der Waals surface area (Å²) in [5.41, 5.74) is 0. The van der Waals surface area contributed by atoms with Gasteiger partial charge in [-0.15, -0.1) is 0 Å². The molecule has 0 amide bonds. The number of nitrogens with zero attached hydrogens (tertiary/aromatic N) is 1. The van der Waals surface area contributed by atoms with E-state index in [0.717, 1.165) is 13.0 Å². The fourth-order valence-electron chi connectivity index (χ4n) is 1.16.